The molecule has 0 spiro atoms. The second-order valence-electron chi connectivity index (χ2n) is 2.10. The Morgan fingerprint density at radius 3 is 2.64 bits per heavy atom. The molecule has 0 aliphatic rings. The third kappa shape index (κ3) is 9.18. The molecule has 2 heteroatoms. The van der Waals surface area contributed by atoms with Crippen LogP contribution >= 0.6 is 0 Å². The maximum Gasteiger partial charge on any atom is 0.0212 e. The Bertz CT molecular complexity index is 144. The van der Waals surface area contributed by atoms with Crippen LogP contribution in [0.5, 0.6) is 0 Å². The van der Waals surface area contributed by atoms with Crippen LogP contribution in [0.4, 0.5) is 0 Å². The third-order valence-corrected chi connectivity index (χ3v) is 1.14. The summed E-state index contributed by atoms with van der Waals surface area (Å²) in [5.41, 5.74) is 2.70. The van der Waals surface area contributed by atoms with Gasteiger partial charge in [-0.3, -0.25) is 0 Å². The first-order valence-corrected chi connectivity index (χ1v) is 3.76. The van der Waals surface area contributed by atoms with Crippen molar-refractivity contribution >= 4 is 0 Å². The lowest BCUT2D eigenvalue weighted by Crippen LogP contribution is -2.13. The topological polar surface area (TPSA) is 24.1 Å². The van der Waals surface area contributed by atoms with Gasteiger partial charge < -0.3 is 10.6 Å². The first-order valence-electron chi connectivity index (χ1n) is 3.76. The molecular formula is C9H16N2. The van der Waals surface area contributed by atoms with E-state index in [-0.39, 0.29) is 0 Å². The molecule has 0 aromatic heterocycles. The van der Waals surface area contributed by atoms with Gasteiger partial charge in [0.05, 0.1) is 0 Å². The number of hydrogen-bond donors (Lipinski definition) is 2. The Labute approximate surface area is 68.7 Å². The van der Waals surface area contributed by atoms with E-state index in [1.54, 1.807) is 0 Å². The number of likely N-dealkylation sites (N-methyl/N-ethyl adjacent to an activating group) is 1. The summed E-state index contributed by atoms with van der Waals surface area (Å²) in [5, 5.41) is 6.20. The highest BCUT2D eigenvalue weighted by atomic mass is 14.8. The maximum atomic E-state index is 3.46. The molecule has 0 amide bonds. The van der Waals surface area contributed by atoms with E-state index >= 15 is 0 Å². The lowest BCUT2D eigenvalue weighted by atomic mass is 10.4. The fourth-order valence-corrected chi connectivity index (χ4v) is 0.596. The smallest absolute Gasteiger partial charge is 0.0212 e. The molecule has 2 nitrogen and oxygen atoms in total. The fourth-order valence-electron chi connectivity index (χ4n) is 0.596. The van der Waals surface area contributed by atoms with E-state index in [2.05, 4.69) is 35.1 Å². The minimum Gasteiger partial charge on any atom is -0.316 e. The van der Waals surface area contributed by atoms with Gasteiger partial charge in [-0.05, 0) is 13.1 Å². The lowest BCUT2D eigenvalue weighted by Gasteiger charge is -1.93. The van der Waals surface area contributed by atoms with E-state index in [4.69, 9.17) is 0 Å². The fraction of sp³-hybridized carbons (Fsp3) is 0.444. The number of hydrogen-bond acceptors (Lipinski definition) is 2. The van der Waals surface area contributed by atoms with Crippen LogP contribution in [0.25, 0.3) is 0 Å². The molecule has 0 saturated heterocycles. The standard InChI is InChI=1S/C9H16N2/c1-3-4-8-11-9-6-5-7-10-2/h4-6,10-11H,1,7-9H2,2H3/b6-5+. The Balaban J connectivity index is 3.06. The van der Waals surface area contributed by atoms with E-state index in [1.807, 2.05) is 13.1 Å². The summed E-state index contributed by atoms with van der Waals surface area (Å²) in [4.78, 5) is 0. The predicted molar refractivity (Wildman–Crippen MR) is 49.6 cm³/mol. The van der Waals surface area contributed by atoms with Crippen LogP contribution in [0.15, 0.2) is 30.5 Å². The molecule has 0 radical (unpaired) electrons. The largest absolute Gasteiger partial charge is 0.316 e. The van der Waals surface area contributed by atoms with Gasteiger partial charge in [0.1, 0.15) is 0 Å². The van der Waals surface area contributed by atoms with Crippen LogP contribution in [0.3, 0.4) is 0 Å². The molecule has 0 rings (SSSR count). The highest BCUT2D eigenvalue weighted by Gasteiger charge is 1.75. The Morgan fingerprint density at radius 2 is 2.00 bits per heavy atom. The molecule has 0 aliphatic heterocycles. The van der Waals surface area contributed by atoms with E-state index in [0.717, 1.165) is 19.6 Å². The minimum absolute atomic E-state index is 0.841. The molecular weight excluding hydrogens is 136 g/mol. The second-order valence-corrected chi connectivity index (χ2v) is 2.10. The van der Waals surface area contributed by atoms with Gasteiger partial charge in [-0.15, -0.1) is 5.73 Å². The Hall–Kier alpha value is -0.820. The van der Waals surface area contributed by atoms with Crippen molar-refractivity contribution in [2.75, 3.05) is 26.7 Å². The van der Waals surface area contributed by atoms with Gasteiger partial charge in [-0.1, -0.05) is 18.7 Å². The van der Waals surface area contributed by atoms with E-state index in [9.17, 15) is 0 Å². The minimum atomic E-state index is 0.841. The van der Waals surface area contributed by atoms with Crippen molar-refractivity contribution in [3.8, 4) is 0 Å². The molecule has 0 aromatic carbocycles. The van der Waals surface area contributed by atoms with Crippen molar-refractivity contribution in [2.45, 2.75) is 0 Å². The summed E-state index contributed by atoms with van der Waals surface area (Å²) in [6.45, 7) is 6.13. The summed E-state index contributed by atoms with van der Waals surface area (Å²) in [5.74, 6) is 0. The summed E-state index contributed by atoms with van der Waals surface area (Å²) in [6, 6.07) is 0. The number of nitrogens with one attached hydrogen (secondary N) is 2. The van der Waals surface area contributed by atoms with Crippen molar-refractivity contribution in [1.29, 1.82) is 0 Å². The zero-order valence-electron chi connectivity index (χ0n) is 7.06. The van der Waals surface area contributed by atoms with Gasteiger partial charge in [0.25, 0.3) is 0 Å². The monoisotopic (exact) mass is 152 g/mol. The van der Waals surface area contributed by atoms with E-state index in [0.29, 0.717) is 0 Å². The second kappa shape index (κ2) is 9.18. The SMILES string of the molecule is C=C=CCNC/C=C/CNC. The average molecular weight is 152 g/mol. The zero-order valence-corrected chi connectivity index (χ0v) is 7.06. The van der Waals surface area contributed by atoms with Crippen molar-refractivity contribution in [3.05, 3.63) is 30.5 Å². The van der Waals surface area contributed by atoms with Crippen molar-refractivity contribution in [3.63, 3.8) is 0 Å². The van der Waals surface area contributed by atoms with Gasteiger partial charge in [-0.2, -0.15) is 0 Å². The quantitative estimate of drug-likeness (QED) is 0.332. The normalized spacial score (nSPS) is 9.91. The first kappa shape index (κ1) is 10.2. The molecule has 0 fully saturated rings. The predicted octanol–water partition coefficient (Wildman–Crippen LogP) is 0.693. The van der Waals surface area contributed by atoms with Gasteiger partial charge in [0.2, 0.25) is 0 Å². The summed E-state index contributed by atoms with van der Waals surface area (Å²) in [7, 11) is 1.93. The van der Waals surface area contributed by atoms with Gasteiger partial charge in [0.15, 0.2) is 0 Å². The molecule has 2 N–H and O–H groups in total. The number of rotatable bonds is 6. The summed E-state index contributed by atoms with van der Waals surface area (Å²) in [6.07, 6.45) is 6.05. The van der Waals surface area contributed by atoms with Crippen LogP contribution in [-0.4, -0.2) is 26.7 Å². The first-order chi connectivity index (χ1) is 5.41. The lowest BCUT2D eigenvalue weighted by molar-refractivity contribution is 0.836. The molecule has 0 aliphatic carbocycles. The molecule has 0 heterocycles. The maximum absolute atomic E-state index is 3.46. The van der Waals surface area contributed by atoms with Crippen LogP contribution in [0, 0.1) is 0 Å². The van der Waals surface area contributed by atoms with Crippen molar-refractivity contribution in [1.82, 2.24) is 10.6 Å². The Morgan fingerprint density at radius 1 is 1.27 bits per heavy atom. The molecule has 62 valence electrons. The third-order valence-electron chi connectivity index (χ3n) is 1.14. The average Bonchev–Trinajstić information content (AvgIpc) is 2.03. The van der Waals surface area contributed by atoms with Gasteiger partial charge >= 0.3 is 0 Å². The highest BCUT2D eigenvalue weighted by molar-refractivity contribution is 4.87. The van der Waals surface area contributed by atoms with E-state index < -0.39 is 0 Å². The molecule has 11 heavy (non-hydrogen) atoms. The zero-order chi connectivity index (χ0) is 8.36. The van der Waals surface area contributed by atoms with Crippen molar-refractivity contribution in [2.24, 2.45) is 0 Å². The summed E-state index contributed by atoms with van der Waals surface area (Å²) < 4.78 is 0. The van der Waals surface area contributed by atoms with Crippen molar-refractivity contribution < 1.29 is 0 Å². The Kier molecular flexibility index (Phi) is 8.50. The van der Waals surface area contributed by atoms with Gasteiger partial charge in [-0.25, -0.2) is 0 Å². The molecule has 0 saturated carbocycles. The molecule has 0 atom stereocenters. The van der Waals surface area contributed by atoms with Crippen LogP contribution in [-0.2, 0) is 0 Å². The van der Waals surface area contributed by atoms with Gasteiger partial charge in [0, 0.05) is 19.6 Å². The van der Waals surface area contributed by atoms with Crippen LogP contribution in [0.1, 0.15) is 0 Å². The molecule has 0 bridgehead atoms. The van der Waals surface area contributed by atoms with E-state index in [1.165, 1.54) is 0 Å². The highest BCUT2D eigenvalue weighted by Crippen LogP contribution is 1.68. The molecule has 0 unspecified atom stereocenters. The van der Waals surface area contributed by atoms with Crippen LogP contribution < -0.4 is 10.6 Å². The summed E-state index contributed by atoms with van der Waals surface area (Å²) >= 11 is 0. The molecule has 0 aromatic rings. The van der Waals surface area contributed by atoms with Crippen LogP contribution in [0.2, 0.25) is 0 Å².